The molecule has 2 aliphatic carbocycles. The summed E-state index contributed by atoms with van der Waals surface area (Å²) in [4.78, 5) is 52.9. The molecule has 0 aromatic heterocycles. The van der Waals surface area contributed by atoms with Crippen LogP contribution in [0.3, 0.4) is 0 Å². The van der Waals surface area contributed by atoms with Crippen LogP contribution in [0.15, 0.2) is 12.1 Å². The van der Waals surface area contributed by atoms with Crippen LogP contribution in [0, 0.1) is 5.92 Å². The molecule has 5 rings (SSSR count). The molecule has 0 radical (unpaired) electrons. The number of aliphatic hydroxyl groups is 1. The Morgan fingerprint density at radius 2 is 2.00 bits per heavy atom. The maximum Gasteiger partial charge on any atom is 0.413 e. The van der Waals surface area contributed by atoms with Gasteiger partial charge in [0.15, 0.2) is 23.4 Å². The number of amides is 2. The summed E-state index contributed by atoms with van der Waals surface area (Å²) in [6.45, 7) is 4.16. The van der Waals surface area contributed by atoms with E-state index in [0.29, 0.717) is 37.3 Å². The van der Waals surface area contributed by atoms with Crippen molar-refractivity contribution in [2.45, 2.75) is 81.2 Å². The van der Waals surface area contributed by atoms with E-state index in [0.717, 1.165) is 11.1 Å². The number of hydrogen-bond donors (Lipinski definition) is 4. The molecule has 12 heteroatoms. The largest absolute Gasteiger partial charge is 0.480 e. The number of Topliss-reactive ketones (excluding diaryl/α,β-unsaturated/α-hetero) is 1. The molecule has 1 aromatic rings. The number of thioether (sulfide) groups is 1. The van der Waals surface area contributed by atoms with E-state index in [1.165, 1.54) is 11.8 Å². The van der Waals surface area contributed by atoms with E-state index in [1.54, 1.807) is 19.9 Å². The number of nitrogens with zero attached hydrogens (tertiary/aromatic N) is 1. The van der Waals surface area contributed by atoms with Crippen molar-refractivity contribution < 1.29 is 38.9 Å². The first-order chi connectivity index (χ1) is 18.9. The van der Waals surface area contributed by atoms with Gasteiger partial charge >= 0.3 is 12.1 Å². The normalized spacial score (nSPS) is 29.7. The van der Waals surface area contributed by atoms with E-state index < -0.39 is 47.2 Å². The number of benzene rings is 1. The Kier molecular flexibility index (Phi) is 7.56. The van der Waals surface area contributed by atoms with Crippen LogP contribution in [0.25, 0.3) is 0 Å². The first-order valence-electron chi connectivity index (χ1n) is 13.7. The molecule has 218 valence electrons. The van der Waals surface area contributed by atoms with Gasteiger partial charge in [-0.05, 0) is 68.8 Å². The molecule has 2 aliphatic heterocycles. The maximum absolute atomic E-state index is 13.1. The number of likely N-dealkylation sites (N-methyl/N-ethyl adjacent to an activating group) is 1. The van der Waals surface area contributed by atoms with Gasteiger partial charge in [0, 0.05) is 18.0 Å². The van der Waals surface area contributed by atoms with E-state index in [2.05, 4.69) is 15.5 Å². The molecule has 1 unspecified atom stereocenters. The summed E-state index contributed by atoms with van der Waals surface area (Å²) >= 11 is 1.47. The lowest BCUT2D eigenvalue weighted by Gasteiger charge is -2.61. The van der Waals surface area contributed by atoms with Crippen LogP contribution in [0.5, 0.6) is 11.5 Å². The minimum absolute atomic E-state index is 0.0709. The fourth-order valence-electron chi connectivity index (χ4n) is 7.15. The summed E-state index contributed by atoms with van der Waals surface area (Å²) in [5.74, 6) is -1.24. The number of aliphatic carboxylic acids is 1. The summed E-state index contributed by atoms with van der Waals surface area (Å²) in [7, 11) is 1.99. The fraction of sp³-hybridized carbons (Fsp3) is 0.643. The molecule has 4 aliphatic rings. The van der Waals surface area contributed by atoms with E-state index in [1.807, 2.05) is 19.4 Å². The third-order valence-electron chi connectivity index (χ3n) is 9.16. The second kappa shape index (κ2) is 10.5. The van der Waals surface area contributed by atoms with Gasteiger partial charge in [-0.1, -0.05) is 19.9 Å². The van der Waals surface area contributed by atoms with Gasteiger partial charge in [0.2, 0.25) is 5.91 Å². The number of carboxylic acid groups (broad SMARTS) is 1. The third kappa shape index (κ3) is 4.35. The van der Waals surface area contributed by atoms with Gasteiger partial charge in [-0.2, -0.15) is 11.8 Å². The fourth-order valence-corrected chi connectivity index (χ4v) is 7.62. The molecular formula is C28H37N3O8S. The average molecular weight is 576 g/mol. The third-order valence-corrected chi connectivity index (χ3v) is 9.80. The molecule has 11 nitrogen and oxygen atoms in total. The van der Waals surface area contributed by atoms with Crippen molar-refractivity contribution in [1.29, 1.82) is 0 Å². The average Bonchev–Trinajstić information content (AvgIpc) is 3.26. The molecule has 2 heterocycles. The van der Waals surface area contributed by atoms with Crippen LogP contribution < -0.4 is 20.1 Å². The van der Waals surface area contributed by atoms with E-state index in [9.17, 15) is 29.4 Å². The molecular weight excluding hydrogens is 538 g/mol. The minimum Gasteiger partial charge on any atom is -0.480 e. The smallest absolute Gasteiger partial charge is 0.413 e. The van der Waals surface area contributed by atoms with Crippen LogP contribution in [0.2, 0.25) is 0 Å². The molecule has 2 bridgehead atoms. The highest BCUT2D eigenvalue weighted by molar-refractivity contribution is 7.98. The number of piperidine rings is 1. The van der Waals surface area contributed by atoms with Gasteiger partial charge in [0.1, 0.15) is 12.1 Å². The number of ketones is 1. The van der Waals surface area contributed by atoms with Crippen molar-refractivity contribution in [2.75, 3.05) is 25.6 Å². The number of likely N-dealkylation sites (tertiary alicyclic amines) is 1. The molecule has 40 heavy (non-hydrogen) atoms. The Balaban J connectivity index is 1.39. The first kappa shape index (κ1) is 28.7. The maximum atomic E-state index is 13.1. The van der Waals surface area contributed by atoms with E-state index in [4.69, 9.17) is 9.47 Å². The number of carboxylic acids is 1. The van der Waals surface area contributed by atoms with Crippen LogP contribution in [-0.4, -0.2) is 94.3 Å². The minimum atomic E-state index is -1.15. The quantitative estimate of drug-likeness (QED) is 0.340. The lowest BCUT2D eigenvalue weighted by atomic mass is 9.49. The van der Waals surface area contributed by atoms with E-state index >= 15 is 0 Å². The summed E-state index contributed by atoms with van der Waals surface area (Å²) in [5.41, 5.74) is -0.332. The van der Waals surface area contributed by atoms with Crippen molar-refractivity contribution in [1.82, 2.24) is 15.5 Å². The SMILES string of the molecule is CSCC[C@@H](NC(=O)[C@H](NC(=O)Oc1ccc2c3c1O[C@H]1C(=O)CC[C@@]4(O)[C@@H](C2)N(C)CCC314)C(C)C)C(=O)O. The van der Waals surface area contributed by atoms with Crippen LogP contribution >= 0.6 is 11.8 Å². The summed E-state index contributed by atoms with van der Waals surface area (Å²) < 4.78 is 11.9. The number of rotatable bonds is 9. The van der Waals surface area contributed by atoms with Crippen molar-refractivity contribution in [3.63, 3.8) is 0 Å². The molecule has 2 fully saturated rings. The van der Waals surface area contributed by atoms with Crippen molar-refractivity contribution >= 4 is 35.5 Å². The Hall–Kier alpha value is -2.83. The first-order valence-corrected chi connectivity index (χ1v) is 15.1. The molecule has 4 N–H and O–H groups in total. The van der Waals surface area contributed by atoms with Gasteiger partial charge in [-0.15, -0.1) is 0 Å². The summed E-state index contributed by atoms with van der Waals surface area (Å²) in [5, 5.41) is 26.7. The number of carbonyl (C=O) groups is 4. The topological polar surface area (TPSA) is 154 Å². The van der Waals surface area contributed by atoms with Gasteiger partial charge in [0.25, 0.3) is 0 Å². The highest BCUT2D eigenvalue weighted by Gasteiger charge is 2.72. The van der Waals surface area contributed by atoms with E-state index in [-0.39, 0.29) is 36.3 Å². The van der Waals surface area contributed by atoms with Gasteiger partial charge in [-0.25, -0.2) is 9.59 Å². The zero-order chi connectivity index (χ0) is 29.0. The Morgan fingerprint density at radius 3 is 2.67 bits per heavy atom. The van der Waals surface area contributed by atoms with Crippen molar-refractivity contribution in [3.05, 3.63) is 23.3 Å². The zero-order valence-corrected chi connectivity index (χ0v) is 24.0. The van der Waals surface area contributed by atoms with Gasteiger partial charge in [-0.3, -0.25) is 9.59 Å². The highest BCUT2D eigenvalue weighted by atomic mass is 32.2. The molecule has 1 saturated carbocycles. The van der Waals surface area contributed by atoms with Gasteiger partial charge in [0.05, 0.1) is 11.0 Å². The molecule has 1 spiro atoms. The van der Waals surface area contributed by atoms with Crippen LogP contribution in [0.1, 0.15) is 50.7 Å². The number of hydrogen-bond acceptors (Lipinski definition) is 9. The lowest BCUT2D eigenvalue weighted by Crippen LogP contribution is -2.76. The highest BCUT2D eigenvalue weighted by Crippen LogP contribution is 2.64. The predicted molar refractivity (Wildman–Crippen MR) is 147 cm³/mol. The zero-order valence-electron chi connectivity index (χ0n) is 23.2. The number of nitrogens with one attached hydrogen (secondary N) is 2. The van der Waals surface area contributed by atoms with Crippen molar-refractivity contribution in [3.8, 4) is 11.5 Å². The molecule has 6 atom stereocenters. The summed E-state index contributed by atoms with van der Waals surface area (Å²) in [6.07, 6.45) is 2.03. The van der Waals surface area contributed by atoms with Crippen LogP contribution in [0.4, 0.5) is 4.79 Å². The standard InChI is InChI=1S/C28H37N3O8S/c1-14(2)21(24(33)29-16(25(34)35)8-12-40-4)30-26(36)38-18-6-5-15-13-19-28(37)9-7-17(32)23-27(28,10-11-31(19)3)20(15)22(18)39-23/h5-6,14,16,19,21,23,37H,7-13H2,1-4H3,(H,29,33)(H,30,36)(H,34,35)/t16-,19-,21-,23+,27?,28-/m1/s1. The van der Waals surface area contributed by atoms with Crippen LogP contribution in [-0.2, 0) is 26.2 Å². The Bertz CT molecular complexity index is 1240. The second-order valence-corrected chi connectivity index (χ2v) is 12.7. The lowest BCUT2D eigenvalue weighted by molar-refractivity contribution is -0.185. The predicted octanol–water partition coefficient (Wildman–Crippen LogP) is 1.48. The Morgan fingerprint density at radius 1 is 1.25 bits per heavy atom. The second-order valence-electron chi connectivity index (χ2n) is 11.7. The van der Waals surface area contributed by atoms with Crippen molar-refractivity contribution in [2.24, 2.45) is 5.92 Å². The molecule has 1 saturated heterocycles. The summed E-state index contributed by atoms with van der Waals surface area (Å²) in [6, 6.07) is 1.21. The molecule has 2 amide bonds. The van der Waals surface area contributed by atoms with Gasteiger partial charge < -0.3 is 35.2 Å². The Labute approximate surface area is 237 Å². The number of ether oxygens (including phenoxy) is 2. The number of carbonyl (C=O) groups excluding carboxylic acids is 3. The molecule has 1 aromatic carbocycles. The monoisotopic (exact) mass is 575 g/mol.